The summed E-state index contributed by atoms with van der Waals surface area (Å²) < 4.78 is 27.2. The monoisotopic (exact) mass is 466 g/mol. The van der Waals surface area contributed by atoms with Crippen LogP contribution in [-0.2, 0) is 42.9 Å². The largest absolute Gasteiger partial charge is 0.463 e. The molecular formula is C22H26O9S. The van der Waals surface area contributed by atoms with E-state index in [1.54, 1.807) is 5.41 Å². The van der Waals surface area contributed by atoms with Crippen LogP contribution in [0.5, 0.6) is 0 Å². The molecule has 5 atom stereocenters. The molecule has 1 heterocycles. The molecule has 0 spiro atoms. The van der Waals surface area contributed by atoms with Crippen molar-refractivity contribution in [3.05, 3.63) is 41.3 Å². The molecule has 0 bridgehead atoms. The van der Waals surface area contributed by atoms with Gasteiger partial charge in [-0.25, -0.2) is 0 Å². The zero-order valence-corrected chi connectivity index (χ0v) is 19.0. The third-order valence-corrected chi connectivity index (χ3v) is 5.16. The summed E-state index contributed by atoms with van der Waals surface area (Å²) in [4.78, 5) is 46.6. The number of hydrogen-bond acceptors (Lipinski definition) is 10. The summed E-state index contributed by atoms with van der Waals surface area (Å²) >= 11 is 1.18. The summed E-state index contributed by atoms with van der Waals surface area (Å²) in [5.74, 6) is -2.52. The molecule has 0 N–H and O–H groups in total. The second-order valence-electron chi connectivity index (χ2n) is 6.92. The van der Waals surface area contributed by atoms with Crippen LogP contribution < -0.4 is 0 Å². The summed E-state index contributed by atoms with van der Waals surface area (Å²) in [6.07, 6.45) is -2.53. The summed E-state index contributed by atoms with van der Waals surface area (Å²) in [5.41, 5.74) is 0.0983. The molecule has 1 fully saturated rings. The Kier molecular flexibility index (Phi) is 9.73. The smallest absolute Gasteiger partial charge is 0.303 e. The van der Waals surface area contributed by atoms with Gasteiger partial charge in [-0.15, -0.1) is 0 Å². The van der Waals surface area contributed by atoms with E-state index in [9.17, 15) is 19.2 Å². The molecule has 0 unspecified atom stereocenters. The maximum atomic E-state index is 11.8. The molecule has 174 valence electrons. The zero-order chi connectivity index (χ0) is 23.7. The summed E-state index contributed by atoms with van der Waals surface area (Å²) in [6, 6.07) is 9.48. The highest BCUT2D eigenvalue weighted by Gasteiger charge is 2.52. The molecule has 1 aromatic carbocycles. The van der Waals surface area contributed by atoms with Crippen molar-refractivity contribution in [1.29, 1.82) is 0 Å². The van der Waals surface area contributed by atoms with E-state index in [0.717, 1.165) is 5.56 Å². The standard InChI is InChI=1S/C22H26O9S/c1-13(23)27-12-18-19(28-14(2)24)20(29-15(3)25)21(30-16(4)26)22(31-18)32-11-10-17-8-6-5-7-9-17/h5-11,18-22H,12H2,1-4H3/b11-10+/t18-,19-,20+,21-,22+/m1/s1. The number of thioether (sulfide) groups is 1. The van der Waals surface area contributed by atoms with E-state index in [1.807, 2.05) is 36.4 Å². The van der Waals surface area contributed by atoms with Gasteiger partial charge in [0.1, 0.15) is 18.1 Å². The Morgan fingerprint density at radius 3 is 1.97 bits per heavy atom. The number of carbonyl (C=O) groups is 4. The van der Waals surface area contributed by atoms with Crippen LogP contribution in [0.25, 0.3) is 6.08 Å². The first kappa shape index (κ1) is 25.4. The van der Waals surface area contributed by atoms with Crippen molar-refractivity contribution in [2.45, 2.75) is 57.5 Å². The molecule has 0 aromatic heterocycles. The molecule has 32 heavy (non-hydrogen) atoms. The van der Waals surface area contributed by atoms with Crippen LogP contribution in [-0.4, -0.2) is 60.3 Å². The van der Waals surface area contributed by atoms with Crippen molar-refractivity contribution in [1.82, 2.24) is 0 Å². The van der Waals surface area contributed by atoms with Crippen LogP contribution in [0.2, 0.25) is 0 Å². The van der Waals surface area contributed by atoms with Crippen molar-refractivity contribution in [3.8, 4) is 0 Å². The Bertz CT molecular complexity index is 839. The van der Waals surface area contributed by atoms with Gasteiger partial charge in [-0.2, -0.15) is 0 Å². The maximum Gasteiger partial charge on any atom is 0.303 e. The third kappa shape index (κ3) is 8.01. The van der Waals surface area contributed by atoms with Gasteiger partial charge in [-0.1, -0.05) is 42.1 Å². The summed E-state index contributed by atoms with van der Waals surface area (Å²) in [6.45, 7) is 4.54. The van der Waals surface area contributed by atoms with E-state index >= 15 is 0 Å². The minimum atomic E-state index is -1.17. The Morgan fingerprint density at radius 2 is 1.41 bits per heavy atom. The molecule has 10 heteroatoms. The van der Waals surface area contributed by atoms with Crippen molar-refractivity contribution in [3.63, 3.8) is 0 Å². The fourth-order valence-electron chi connectivity index (χ4n) is 3.06. The average molecular weight is 467 g/mol. The van der Waals surface area contributed by atoms with Gasteiger partial charge in [-0.05, 0) is 17.0 Å². The highest BCUT2D eigenvalue weighted by Crippen LogP contribution is 2.35. The van der Waals surface area contributed by atoms with Gasteiger partial charge in [0, 0.05) is 27.7 Å². The van der Waals surface area contributed by atoms with E-state index in [-0.39, 0.29) is 6.61 Å². The highest BCUT2D eigenvalue weighted by molar-refractivity contribution is 8.02. The summed E-state index contributed by atoms with van der Waals surface area (Å²) in [5, 5.41) is 1.75. The van der Waals surface area contributed by atoms with Crippen LogP contribution in [0.15, 0.2) is 35.7 Å². The zero-order valence-electron chi connectivity index (χ0n) is 18.2. The van der Waals surface area contributed by atoms with Gasteiger partial charge in [0.05, 0.1) is 0 Å². The quantitative estimate of drug-likeness (QED) is 0.418. The van der Waals surface area contributed by atoms with Crippen molar-refractivity contribution in [2.24, 2.45) is 0 Å². The average Bonchev–Trinajstić information content (AvgIpc) is 2.70. The van der Waals surface area contributed by atoms with E-state index in [2.05, 4.69) is 0 Å². The molecular weight excluding hydrogens is 440 g/mol. The second-order valence-corrected chi connectivity index (χ2v) is 7.93. The molecule has 0 aliphatic carbocycles. The molecule has 0 saturated carbocycles. The normalized spacial score (nSPS) is 25.1. The number of carbonyl (C=O) groups excluding carboxylic acids is 4. The SMILES string of the molecule is CC(=O)OC[C@H]1O[C@@H](S/C=C/c2ccccc2)[C@H](OC(C)=O)[C@@H](OC(C)=O)[C@@H]1OC(C)=O. The van der Waals surface area contributed by atoms with E-state index in [0.29, 0.717) is 0 Å². The van der Waals surface area contributed by atoms with Gasteiger partial charge < -0.3 is 23.7 Å². The second kappa shape index (κ2) is 12.3. The first-order chi connectivity index (χ1) is 15.2. The Hall–Kier alpha value is -2.85. The third-order valence-electron chi connectivity index (χ3n) is 4.22. The Labute approximate surface area is 190 Å². The minimum Gasteiger partial charge on any atom is -0.463 e. The number of hydrogen-bond donors (Lipinski definition) is 0. The van der Waals surface area contributed by atoms with Crippen molar-refractivity contribution < 1.29 is 42.9 Å². The van der Waals surface area contributed by atoms with Gasteiger partial charge in [-0.3, -0.25) is 19.2 Å². The molecule has 9 nitrogen and oxygen atoms in total. The van der Waals surface area contributed by atoms with Gasteiger partial charge in [0.2, 0.25) is 0 Å². The lowest BCUT2D eigenvalue weighted by Gasteiger charge is -2.43. The van der Waals surface area contributed by atoms with E-state index in [1.165, 1.54) is 39.5 Å². The highest BCUT2D eigenvalue weighted by atomic mass is 32.2. The number of benzene rings is 1. The van der Waals surface area contributed by atoms with Crippen LogP contribution in [0, 0.1) is 0 Å². The lowest BCUT2D eigenvalue weighted by molar-refractivity contribution is -0.237. The molecule has 2 rings (SSSR count). The minimum absolute atomic E-state index is 0.253. The number of ether oxygens (including phenoxy) is 5. The fourth-order valence-corrected chi connectivity index (χ4v) is 4.02. The predicted octanol–water partition coefficient (Wildman–Crippen LogP) is 2.47. The molecule has 1 aliphatic heterocycles. The van der Waals surface area contributed by atoms with Gasteiger partial charge in [0.15, 0.2) is 18.3 Å². The maximum absolute atomic E-state index is 11.8. The van der Waals surface area contributed by atoms with Crippen LogP contribution >= 0.6 is 11.8 Å². The van der Waals surface area contributed by atoms with Crippen LogP contribution in [0.1, 0.15) is 33.3 Å². The first-order valence-electron chi connectivity index (χ1n) is 9.85. The Morgan fingerprint density at radius 1 is 0.844 bits per heavy atom. The van der Waals surface area contributed by atoms with E-state index in [4.69, 9.17) is 23.7 Å². The number of esters is 4. The van der Waals surface area contributed by atoms with Gasteiger partial charge >= 0.3 is 23.9 Å². The Balaban J connectivity index is 2.35. The van der Waals surface area contributed by atoms with Crippen molar-refractivity contribution >= 4 is 41.7 Å². The molecule has 1 saturated heterocycles. The van der Waals surface area contributed by atoms with Crippen LogP contribution in [0.4, 0.5) is 0 Å². The van der Waals surface area contributed by atoms with Gasteiger partial charge in [0.25, 0.3) is 0 Å². The van der Waals surface area contributed by atoms with Crippen molar-refractivity contribution in [2.75, 3.05) is 6.61 Å². The molecule has 0 amide bonds. The summed E-state index contributed by atoms with van der Waals surface area (Å²) in [7, 11) is 0. The lowest BCUT2D eigenvalue weighted by atomic mass is 9.99. The predicted molar refractivity (Wildman–Crippen MR) is 115 cm³/mol. The lowest BCUT2D eigenvalue weighted by Crippen LogP contribution is -2.61. The first-order valence-corrected chi connectivity index (χ1v) is 10.8. The molecule has 1 aliphatic rings. The number of rotatable bonds is 8. The molecule has 0 radical (unpaired) electrons. The fraction of sp³-hybridized carbons (Fsp3) is 0.455. The molecule has 1 aromatic rings. The topological polar surface area (TPSA) is 114 Å². The van der Waals surface area contributed by atoms with Crippen LogP contribution in [0.3, 0.4) is 0 Å². The van der Waals surface area contributed by atoms with E-state index < -0.39 is 53.7 Å².